The van der Waals surface area contributed by atoms with Crippen molar-refractivity contribution in [2.75, 3.05) is 13.2 Å². The molecule has 18 heavy (non-hydrogen) atoms. The molecule has 0 amide bonds. The Balaban J connectivity index is 1.59. The van der Waals surface area contributed by atoms with Crippen molar-refractivity contribution in [3.8, 4) is 5.75 Å². The minimum absolute atomic E-state index is 0.304. The number of fused-ring (bicyclic) bond motifs is 1. The first-order chi connectivity index (χ1) is 8.84. The Labute approximate surface area is 108 Å². The minimum atomic E-state index is -0.304. The first-order valence-electron chi connectivity index (χ1n) is 6.89. The summed E-state index contributed by atoms with van der Waals surface area (Å²) in [6, 6.07) is 5.97. The number of hydrogen-bond donors (Lipinski definition) is 1. The Morgan fingerprint density at radius 3 is 3.11 bits per heavy atom. The molecular weight excluding hydrogens is 228 g/mol. The molecule has 0 bridgehead atoms. The molecular formula is C15H20O3. The molecule has 3 heteroatoms. The van der Waals surface area contributed by atoms with E-state index in [-0.39, 0.29) is 6.10 Å². The average molecular weight is 248 g/mol. The minimum Gasteiger partial charge on any atom is -0.493 e. The Kier molecular flexibility index (Phi) is 3.52. The predicted molar refractivity (Wildman–Crippen MR) is 68.8 cm³/mol. The van der Waals surface area contributed by atoms with Gasteiger partial charge in [-0.25, -0.2) is 0 Å². The van der Waals surface area contributed by atoms with Gasteiger partial charge in [0, 0.05) is 18.6 Å². The maximum absolute atomic E-state index is 9.83. The fourth-order valence-electron chi connectivity index (χ4n) is 2.91. The molecule has 98 valence electrons. The van der Waals surface area contributed by atoms with Gasteiger partial charge in [-0.15, -0.1) is 0 Å². The van der Waals surface area contributed by atoms with E-state index in [0.29, 0.717) is 12.7 Å². The van der Waals surface area contributed by atoms with Crippen molar-refractivity contribution in [2.24, 2.45) is 0 Å². The molecule has 2 aliphatic rings. The molecule has 1 fully saturated rings. The lowest BCUT2D eigenvalue weighted by Crippen LogP contribution is -2.11. The van der Waals surface area contributed by atoms with Crippen molar-refractivity contribution in [1.82, 2.24) is 0 Å². The molecule has 1 heterocycles. The predicted octanol–water partition coefficient (Wildman–Crippen LogP) is 2.61. The normalized spacial score (nSPS) is 26.3. The lowest BCUT2D eigenvalue weighted by molar-refractivity contribution is 0.0902. The van der Waals surface area contributed by atoms with Crippen molar-refractivity contribution in [2.45, 2.75) is 44.3 Å². The van der Waals surface area contributed by atoms with Crippen LogP contribution in [0.1, 0.15) is 42.9 Å². The van der Waals surface area contributed by atoms with E-state index in [4.69, 9.17) is 9.47 Å². The SMILES string of the molecule is OC1CCc2c(OCCC3CCCO3)cccc21. The summed E-state index contributed by atoms with van der Waals surface area (Å²) < 4.78 is 11.4. The van der Waals surface area contributed by atoms with Crippen LogP contribution in [0.3, 0.4) is 0 Å². The molecule has 3 rings (SSSR count). The van der Waals surface area contributed by atoms with Crippen LogP contribution >= 0.6 is 0 Å². The van der Waals surface area contributed by atoms with Crippen LogP contribution in [0, 0.1) is 0 Å². The average Bonchev–Trinajstić information content (AvgIpc) is 3.01. The highest BCUT2D eigenvalue weighted by Crippen LogP contribution is 2.36. The molecule has 3 nitrogen and oxygen atoms in total. The van der Waals surface area contributed by atoms with E-state index in [2.05, 4.69) is 0 Å². The van der Waals surface area contributed by atoms with Gasteiger partial charge >= 0.3 is 0 Å². The van der Waals surface area contributed by atoms with Gasteiger partial charge in [-0.3, -0.25) is 0 Å². The Morgan fingerprint density at radius 1 is 1.33 bits per heavy atom. The zero-order chi connectivity index (χ0) is 12.4. The van der Waals surface area contributed by atoms with Gasteiger partial charge in [0.05, 0.1) is 18.8 Å². The van der Waals surface area contributed by atoms with Gasteiger partial charge in [0.2, 0.25) is 0 Å². The fourth-order valence-corrected chi connectivity index (χ4v) is 2.91. The molecule has 0 saturated carbocycles. The third-order valence-corrected chi connectivity index (χ3v) is 3.92. The van der Waals surface area contributed by atoms with Crippen molar-refractivity contribution < 1.29 is 14.6 Å². The van der Waals surface area contributed by atoms with Crippen LogP contribution in [-0.4, -0.2) is 24.4 Å². The van der Waals surface area contributed by atoms with Crippen molar-refractivity contribution in [3.05, 3.63) is 29.3 Å². The first kappa shape index (κ1) is 12.0. The second kappa shape index (κ2) is 5.29. The number of rotatable bonds is 4. The third kappa shape index (κ3) is 2.38. The lowest BCUT2D eigenvalue weighted by atomic mass is 10.1. The maximum atomic E-state index is 9.83. The highest BCUT2D eigenvalue weighted by atomic mass is 16.5. The summed E-state index contributed by atoms with van der Waals surface area (Å²) in [6.07, 6.45) is 5.13. The van der Waals surface area contributed by atoms with Gasteiger partial charge in [0.25, 0.3) is 0 Å². The smallest absolute Gasteiger partial charge is 0.122 e. The summed E-state index contributed by atoms with van der Waals surface area (Å²) in [6.45, 7) is 1.61. The molecule has 2 unspecified atom stereocenters. The second-order valence-corrected chi connectivity index (χ2v) is 5.15. The molecule has 1 N–H and O–H groups in total. The molecule has 0 spiro atoms. The number of ether oxygens (including phenoxy) is 2. The van der Waals surface area contributed by atoms with Gasteiger partial charge in [-0.1, -0.05) is 12.1 Å². The largest absolute Gasteiger partial charge is 0.493 e. The highest BCUT2D eigenvalue weighted by Gasteiger charge is 2.23. The van der Waals surface area contributed by atoms with Crippen molar-refractivity contribution in [1.29, 1.82) is 0 Å². The van der Waals surface area contributed by atoms with Gasteiger partial charge in [0.15, 0.2) is 0 Å². The van der Waals surface area contributed by atoms with Crippen molar-refractivity contribution in [3.63, 3.8) is 0 Å². The maximum Gasteiger partial charge on any atom is 0.122 e. The third-order valence-electron chi connectivity index (χ3n) is 3.92. The van der Waals surface area contributed by atoms with Crippen LogP contribution in [0.2, 0.25) is 0 Å². The Bertz CT molecular complexity index is 410. The molecule has 0 aromatic heterocycles. The summed E-state index contributed by atoms with van der Waals surface area (Å²) in [5, 5.41) is 9.83. The lowest BCUT2D eigenvalue weighted by Gasteiger charge is -2.13. The van der Waals surface area contributed by atoms with Gasteiger partial charge in [0.1, 0.15) is 5.75 Å². The van der Waals surface area contributed by atoms with Crippen LogP contribution < -0.4 is 4.74 Å². The molecule has 2 atom stereocenters. The van der Waals surface area contributed by atoms with Gasteiger partial charge in [-0.05, 0) is 37.3 Å². The Morgan fingerprint density at radius 2 is 2.28 bits per heavy atom. The zero-order valence-electron chi connectivity index (χ0n) is 10.6. The van der Waals surface area contributed by atoms with Crippen LogP contribution in [0.4, 0.5) is 0 Å². The second-order valence-electron chi connectivity index (χ2n) is 5.15. The molecule has 1 aliphatic carbocycles. The fraction of sp³-hybridized carbons (Fsp3) is 0.600. The quantitative estimate of drug-likeness (QED) is 0.890. The van der Waals surface area contributed by atoms with E-state index in [0.717, 1.165) is 43.6 Å². The van der Waals surface area contributed by atoms with Crippen LogP contribution in [0.25, 0.3) is 0 Å². The van der Waals surface area contributed by atoms with E-state index in [1.807, 2.05) is 18.2 Å². The summed E-state index contributed by atoms with van der Waals surface area (Å²) >= 11 is 0. The number of aliphatic hydroxyl groups is 1. The summed E-state index contributed by atoms with van der Waals surface area (Å²) in [4.78, 5) is 0. The number of benzene rings is 1. The summed E-state index contributed by atoms with van der Waals surface area (Å²) in [7, 11) is 0. The van der Waals surface area contributed by atoms with E-state index < -0.39 is 0 Å². The van der Waals surface area contributed by atoms with E-state index in [9.17, 15) is 5.11 Å². The number of hydrogen-bond acceptors (Lipinski definition) is 3. The van der Waals surface area contributed by atoms with E-state index in [1.165, 1.54) is 12.0 Å². The zero-order valence-corrected chi connectivity index (χ0v) is 10.6. The van der Waals surface area contributed by atoms with E-state index in [1.54, 1.807) is 0 Å². The molecule has 0 radical (unpaired) electrons. The standard InChI is InChI=1S/C15H20O3/c16-14-7-6-13-12(14)4-1-5-15(13)18-10-8-11-3-2-9-17-11/h1,4-5,11,14,16H,2-3,6-10H2. The first-order valence-corrected chi connectivity index (χ1v) is 6.89. The Hall–Kier alpha value is -1.06. The van der Waals surface area contributed by atoms with Gasteiger partial charge in [-0.2, -0.15) is 0 Å². The van der Waals surface area contributed by atoms with Gasteiger partial charge < -0.3 is 14.6 Å². The molecule has 1 saturated heterocycles. The van der Waals surface area contributed by atoms with E-state index >= 15 is 0 Å². The van der Waals surface area contributed by atoms with Crippen LogP contribution in [0.5, 0.6) is 5.75 Å². The highest BCUT2D eigenvalue weighted by molar-refractivity contribution is 5.44. The monoisotopic (exact) mass is 248 g/mol. The number of aliphatic hydroxyl groups excluding tert-OH is 1. The summed E-state index contributed by atoms with van der Waals surface area (Å²) in [5.74, 6) is 0.946. The topological polar surface area (TPSA) is 38.7 Å². The molecule has 1 aliphatic heterocycles. The van der Waals surface area contributed by atoms with Crippen LogP contribution in [0.15, 0.2) is 18.2 Å². The summed E-state index contributed by atoms with van der Waals surface area (Å²) in [5.41, 5.74) is 2.24. The molecule has 1 aromatic rings. The van der Waals surface area contributed by atoms with Crippen LogP contribution in [-0.2, 0) is 11.2 Å². The molecule has 1 aromatic carbocycles. The van der Waals surface area contributed by atoms with Crippen molar-refractivity contribution >= 4 is 0 Å².